The number of unbranched alkanes of at least 4 members (excludes halogenated alkanes) is 1. The molecule has 0 atom stereocenters. The van der Waals surface area contributed by atoms with Crippen LogP contribution < -0.4 is 0 Å². The lowest BCUT2D eigenvalue weighted by atomic mass is 9.99. The van der Waals surface area contributed by atoms with Gasteiger partial charge in [0.25, 0.3) is 5.91 Å². The molecule has 5 heteroatoms. The first-order valence-corrected chi connectivity index (χ1v) is 13.0. The lowest BCUT2D eigenvalue weighted by Gasteiger charge is -2.44. The van der Waals surface area contributed by atoms with E-state index in [-0.39, 0.29) is 16.7 Å². The maximum atomic E-state index is 13.1. The van der Waals surface area contributed by atoms with Crippen molar-refractivity contribution in [3.05, 3.63) is 71.3 Å². The highest BCUT2D eigenvalue weighted by atomic mass is 32.2. The van der Waals surface area contributed by atoms with Gasteiger partial charge in [-0.2, -0.15) is 0 Å². The van der Waals surface area contributed by atoms with Gasteiger partial charge in [-0.25, -0.2) is 0 Å². The van der Waals surface area contributed by atoms with Crippen molar-refractivity contribution in [3.8, 4) is 0 Å². The van der Waals surface area contributed by atoms with Crippen LogP contribution in [0.2, 0.25) is 0 Å². The quantitative estimate of drug-likeness (QED) is 0.584. The fraction of sp³-hybridized carbons (Fsp3) is 0.481. The Labute approximate surface area is 196 Å². The Morgan fingerprint density at radius 1 is 0.906 bits per heavy atom. The number of amides is 2. The van der Waals surface area contributed by atoms with E-state index in [1.807, 2.05) is 47.0 Å². The molecule has 4 rings (SSSR count). The van der Waals surface area contributed by atoms with Gasteiger partial charge >= 0.3 is 0 Å². The average molecular weight is 451 g/mol. The molecule has 2 aliphatic heterocycles. The third-order valence-electron chi connectivity index (χ3n) is 6.80. The van der Waals surface area contributed by atoms with Crippen LogP contribution in [0.5, 0.6) is 0 Å². The zero-order valence-corrected chi connectivity index (χ0v) is 19.9. The predicted molar refractivity (Wildman–Crippen MR) is 132 cm³/mol. The first-order valence-electron chi connectivity index (χ1n) is 12.0. The smallest absolute Gasteiger partial charge is 0.253 e. The van der Waals surface area contributed by atoms with Crippen molar-refractivity contribution < 1.29 is 9.59 Å². The number of likely N-dealkylation sites (tertiary alicyclic amines) is 1. The standard InChI is InChI=1S/C27H34N2O2S/c1-2-3-7-23-10-13-24(14-11-23)26(31)28-18-16-27(17-19-28)29(20-21-32-27)25(30)15-12-22-8-5-4-6-9-22/h4-6,8-11,13-14H,2-3,7,12,15-21H2,1H3. The number of thioether (sulfide) groups is 1. The minimum atomic E-state index is -0.130. The topological polar surface area (TPSA) is 40.6 Å². The van der Waals surface area contributed by atoms with Crippen molar-refractivity contribution in [2.45, 2.75) is 56.7 Å². The summed E-state index contributed by atoms with van der Waals surface area (Å²) in [5.41, 5.74) is 3.28. The van der Waals surface area contributed by atoms with Gasteiger partial charge in [-0.1, -0.05) is 55.8 Å². The number of benzene rings is 2. The number of piperidine rings is 1. The van der Waals surface area contributed by atoms with E-state index >= 15 is 0 Å². The van der Waals surface area contributed by atoms with Crippen LogP contribution in [0, 0.1) is 0 Å². The maximum absolute atomic E-state index is 13.1. The number of carbonyl (C=O) groups excluding carboxylic acids is 2. The zero-order chi connectivity index (χ0) is 22.4. The molecule has 0 N–H and O–H groups in total. The monoisotopic (exact) mass is 450 g/mol. The van der Waals surface area contributed by atoms with Crippen molar-refractivity contribution in [2.75, 3.05) is 25.4 Å². The molecule has 2 saturated heterocycles. The van der Waals surface area contributed by atoms with Crippen molar-refractivity contribution in [2.24, 2.45) is 0 Å². The molecule has 0 aliphatic carbocycles. The van der Waals surface area contributed by atoms with Gasteiger partial charge in [0.15, 0.2) is 0 Å². The van der Waals surface area contributed by atoms with E-state index in [0.29, 0.717) is 19.5 Å². The number of carbonyl (C=O) groups is 2. The molecule has 2 heterocycles. The highest BCUT2D eigenvalue weighted by Crippen LogP contribution is 2.44. The summed E-state index contributed by atoms with van der Waals surface area (Å²) in [6, 6.07) is 18.4. The summed E-state index contributed by atoms with van der Waals surface area (Å²) in [6.07, 6.45) is 6.49. The summed E-state index contributed by atoms with van der Waals surface area (Å²) in [7, 11) is 0. The second-order valence-corrected chi connectivity index (χ2v) is 10.4. The van der Waals surface area contributed by atoms with Crippen LogP contribution in [0.3, 0.4) is 0 Å². The van der Waals surface area contributed by atoms with Gasteiger partial charge in [0.05, 0.1) is 4.87 Å². The Hall–Kier alpha value is -2.27. The van der Waals surface area contributed by atoms with Crippen LogP contribution in [0.15, 0.2) is 54.6 Å². The molecule has 0 aromatic heterocycles. The van der Waals surface area contributed by atoms with Crippen molar-refractivity contribution in [1.29, 1.82) is 0 Å². The van der Waals surface area contributed by atoms with Crippen LogP contribution in [0.25, 0.3) is 0 Å². The summed E-state index contributed by atoms with van der Waals surface area (Å²) < 4.78 is 0. The van der Waals surface area contributed by atoms with E-state index < -0.39 is 0 Å². The van der Waals surface area contributed by atoms with E-state index in [0.717, 1.165) is 43.5 Å². The number of aryl methyl sites for hydroxylation is 2. The van der Waals surface area contributed by atoms with E-state index in [2.05, 4.69) is 36.1 Å². The molecule has 4 nitrogen and oxygen atoms in total. The Morgan fingerprint density at radius 3 is 2.28 bits per heavy atom. The molecule has 2 aromatic rings. The van der Waals surface area contributed by atoms with E-state index in [1.54, 1.807) is 0 Å². The predicted octanol–water partition coefficient (Wildman–Crippen LogP) is 5.17. The molecule has 1 spiro atoms. The highest BCUT2D eigenvalue weighted by Gasteiger charge is 2.46. The SMILES string of the molecule is CCCCc1ccc(C(=O)N2CCC3(CC2)SCCN3C(=O)CCc2ccccc2)cc1. The van der Waals surface area contributed by atoms with Gasteiger partial charge in [-0.15, -0.1) is 11.8 Å². The van der Waals surface area contributed by atoms with Gasteiger partial charge < -0.3 is 9.80 Å². The van der Waals surface area contributed by atoms with E-state index in [9.17, 15) is 9.59 Å². The Kier molecular flexibility index (Phi) is 7.56. The van der Waals surface area contributed by atoms with Gasteiger partial charge in [-0.05, 0) is 55.4 Å². The molecule has 2 aromatic carbocycles. The second-order valence-electron chi connectivity index (χ2n) is 8.92. The minimum Gasteiger partial charge on any atom is -0.338 e. The fourth-order valence-corrected chi connectivity index (χ4v) is 6.32. The zero-order valence-electron chi connectivity index (χ0n) is 19.1. The summed E-state index contributed by atoms with van der Waals surface area (Å²) in [5, 5.41) is 0. The normalized spacial score (nSPS) is 17.7. The Balaban J connectivity index is 1.33. The Bertz CT molecular complexity index is 905. The lowest BCUT2D eigenvalue weighted by Crippen LogP contribution is -2.53. The molecule has 0 saturated carbocycles. The van der Waals surface area contributed by atoms with E-state index in [1.165, 1.54) is 24.0 Å². The van der Waals surface area contributed by atoms with Gasteiger partial charge in [0, 0.05) is 37.4 Å². The minimum absolute atomic E-state index is 0.117. The third-order valence-corrected chi connectivity index (χ3v) is 8.35. The molecule has 2 amide bonds. The number of nitrogens with zero attached hydrogens (tertiary/aromatic N) is 2. The fourth-order valence-electron chi connectivity index (χ4n) is 4.84. The molecule has 2 aliphatic rings. The van der Waals surface area contributed by atoms with Gasteiger partial charge in [-0.3, -0.25) is 9.59 Å². The molecule has 0 bridgehead atoms. The summed E-state index contributed by atoms with van der Waals surface area (Å²) in [5.74, 6) is 1.36. The molecular formula is C27H34N2O2S. The van der Waals surface area contributed by atoms with Gasteiger partial charge in [0.1, 0.15) is 0 Å². The first kappa shape index (κ1) is 22.9. The molecule has 0 radical (unpaired) electrons. The van der Waals surface area contributed by atoms with Crippen molar-refractivity contribution >= 4 is 23.6 Å². The largest absolute Gasteiger partial charge is 0.338 e. The van der Waals surface area contributed by atoms with Crippen LogP contribution in [-0.4, -0.2) is 51.9 Å². The summed E-state index contributed by atoms with van der Waals surface area (Å²) in [6.45, 7) is 4.45. The lowest BCUT2D eigenvalue weighted by molar-refractivity contribution is -0.134. The van der Waals surface area contributed by atoms with Crippen molar-refractivity contribution in [1.82, 2.24) is 9.80 Å². The Morgan fingerprint density at radius 2 is 1.59 bits per heavy atom. The van der Waals surface area contributed by atoms with Crippen molar-refractivity contribution in [3.63, 3.8) is 0 Å². The third kappa shape index (κ3) is 5.20. The molecular weight excluding hydrogens is 416 g/mol. The maximum Gasteiger partial charge on any atom is 0.253 e. The molecule has 0 unspecified atom stereocenters. The van der Waals surface area contributed by atoms with Crippen LogP contribution in [0.4, 0.5) is 0 Å². The molecule has 170 valence electrons. The van der Waals surface area contributed by atoms with Crippen LogP contribution >= 0.6 is 11.8 Å². The number of hydrogen-bond donors (Lipinski definition) is 0. The number of hydrogen-bond acceptors (Lipinski definition) is 3. The highest BCUT2D eigenvalue weighted by molar-refractivity contribution is 8.00. The van der Waals surface area contributed by atoms with Crippen LogP contribution in [-0.2, 0) is 17.6 Å². The summed E-state index contributed by atoms with van der Waals surface area (Å²) in [4.78, 5) is 30.1. The average Bonchev–Trinajstić information content (AvgIpc) is 3.25. The van der Waals surface area contributed by atoms with Crippen LogP contribution in [0.1, 0.15) is 60.5 Å². The first-order chi connectivity index (χ1) is 15.6. The molecule has 2 fully saturated rings. The second kappa shape index (κ2) is 10.6. The molecule has 32 heavy (non-hydrogen) atoms. The van der Waals surface area contributed by atoms with E-state index in [4.69, 9.17) is 0 Å². The number of rotatable bonds is 7. The van der Waals surface area contributed by atoms with Gasteiger partial charge in [0.2, 0.25) is 5.91 Å². The summed E-state index contributed by atoms with van der Waals surface area (Å²) >= 11 is 1.91.